The Bertz CT molecular complexity index is 993. The normalized spacial score (nSPS) is 11.2. The van der Waals surface area contributed by atoms with Gasteiger partial charge in [0, 0.05) is 13.0 Å². The predicted octanol–water partition coefficient (Wildman–Crippen LogP) is 5.07. The van der Waals surface area contributed by atoms with Crippen LogP contribution in [0.25, 0.3) is 32.3 Å². The number of benzene rings is 4. The molecule has 24 heavy (non-hydrogen) atoms. The molecule has 0 spiro atoms. The van der Waals surface area contributed by atoms with Crippen LogP contribution in [0.5, 0.6) is 0 Å². The van der Waals surface area contributed by atoms with Crippen molar-refractivity contribution in [3.8, 4) is 0 Å². The first-order valence-corrected chi connectivity index (χ1v) is 8.16. The van der Waals surface area contributed by atoms with E-state index in [2.05, 4.69) is 59.9 Å². The molecular formula is C21H20ClNO. The monoisotopic (exact) mass is 337 g/mol. The Morgan fingerprint density at radius 1 is 0.875 bits per heavy atom. The van der Waals surface area contributed by atoms with Gasteiger partial charge in [-0.1, -0.05) is 61.5 Å². The summed E-state index contributed by atoms with van der Waals surface area (Å²) < 4.78 is 0. The number of carbonyl (C=O) groups excluding carboxylic acids is 1. The van der Waals surface area contributed by atoms with Crippen LogP contribution in [0.3, 0.4) is 0 Å². The lowest BCUT2D eigenvalue weighted by Crippen LogP contribution is -2.21. The van der Waals surface area contributed by atoms with Crippen LogP contribution < -0.4 is 5.32 Å². The fourth-order valence-corrected chi connectivity index (χ4v) is 3.41. The topological polar surface area (TPSA) is 29.1 Å². The second kappa shape index (κ2) is 6.76. The number of ketones is 1. The highest BCUT2D eigenvalue weighted by molar-refractivity contribution is 6.23. The van der Waals surface area contributed by atoms with E-state index in [1.807, 2.05) is 6.92 Å². The number of hydrogen-bond acceptors (Lipinski definition) is 2. The summed E-state index contributed by atoms with van der Waals surface area (Å²) in [7, 11) is 0. The van der Waals surface area contributed by atoms with Gasteiger partial charge in [-0.25, -0.2) is 0 Å². The molecule has 2 nitrogen and oxygen atoms in total. The second-order valence-corrected chi connectivity index (χ2v) is 6.08. The summed E-state index contributed by atoms with van der Waals surface area (Å²) in [6, 6.07) is 19.6. The van der Waals surface area contributed by atoms with E-state index in [1.54, 1.807) is 0 Å². The van der Waals surface area contributed by atoms with Crippen molar-refractivity contribution < 1.29 is 4.79 Å². The molecule has 0 aromatic heterocycles. The van der Waals surface area contributed by atoms with Gasteiger partial charge in [0.1, 0.15) is 5.78 Å². The maximum absolute atomic E-state index is 11.5. The second-order valence-electron chi connectivity index (χ2n) is 6.08. The average Bonchev–Trinajstić information content (AvgIpc) is 2.60. The predicted molar refractivity (Wildman–Crippen MR) is 104 cm³/mol. The molecule has 0 aliphatic carbocycles. The Labute approximate surface area is 147 Å². The van der Waals surface area contributed by atoms with E-state index in [0.717, 1.165) is 6.54 Å². The SMILES string of the molecule is CCC(=O)CNCc1ccc2ccc3cccc4ccc1c2c34.Cl. The van der Waals surface area contributed by atoms with Crippen molar-refractivity contribution in [3.05, 3.63) is 60.2 Å². The molecule has 0 fully saturated rings. The molecule has 0 aliphatic rings. The zero-order valence-electron chi connectivity index (χ0n) is 13.6. The van der Waals surface area contributed by atoms with Gasteiger partial charge in [0.15, 0.2) is 0 Å². The highest BCUT2D eigenvalue weighted by Crippen LogP contribution is 2.35. The summed E-state index contributed by atoms with van der Waals surface area (Å²) >= 11 is 0. The van der Waals surface area contributed by atoms with Crippen LogP contribution in [0.15, 0.2) is 54.6 Å². The maximum atomic E-state index is 11.5. The molecule has 0 amide bonds. The molecule has 4 aromatic rings. The van der Waals surface area contributed by atoms with Crippen molar-refractivity contribution >= 4 is 50.5 Å². The largest absolute Gasteiger partial charge is 0.306 e. The molecule has 4 rings (SSSR count). The van der Waals surface area contributed by atoms with Crippen molar-refractivity contribution in [3.63, 3.8) is 0 Å². The van der Waals surface area contributed by atoms with Gasteiger partial charge in [-0.15, -0.1) is 12.4 Å². The molecule has 0 saturated heterocycles. The van der Waals surface area contributed by atoms with Crippen molar-refractivity contribution in [1.29, 1.82) is 0 Å². The zero-order valence-corrected chi connectivity index (χ0v) is 14.5. The Morgan fingerprint density at radius 3 is 2.21 bits per heavy atom. The van der Waals surface area contributed by atoms with E-state index in [-0.39, 0.29) is 18.2 Å². The third-order valence-corrected chi connectivity index (χ3v) is 4.65. The molecular weight excluding hydrogens is 318 g/mol. The van der Waals surface area contributed by atoms with E-state index in [9.17, 15) is 4.79 Å². The van der Waals surface area contributed by atoms with Crippen LogP contribution in [0.2, 0.25) is 0 Å². The molecule has 0 aliphatic heterocycles. The van der Waals surface area contributed by atoms with Crippen LogP contribution in [0.1, 0.15) is 18.9 Å². The number of halogens is 1. The molecule has 0 atom stereocenters. The van der Waals surface area contributed by atoms with Gasteiger partial charge in [-0.05, 0) is 37.9 Å². The minimum absolute atomic E-state index is 0. The first kappa shape index (κ1) is 16.7. The first-order chi connectivity index (χ1) is 11.3. The molecule has 1 N–H and O–H groups in total. The van der Waals surface area contributed by atoms with E-state index in [1.165, 1.54) is 37.9 Å². The highest BCUT2D eigenvalue weighted by atomic mass is 35.5. The van der Waals surface area contributed by atoms with E-state index in [0.29, 0.717) is 13.0 Å². The first-order valence-electron chi connectivity index (χ1n) is 8.16. The fraction of sp³-hybridized carbons (Fsp3) is 0.190. The van der Waals surface area contributed by atoms with Crippen molar-refractivity contribution in [2.45, 2.75) is 19.9 Å². The van der Waals surface area contributed by atoms with Crippen molar-refractivity contribution in [2.24, 2.45) is 0 Å². The number of carbonyl (C=O) groups is 1. The molecule has 0 heterocycles. The number of rotatable bonds is 5. The van der Waals surface area contributed by atoms with E-state index >= 15 is 0 Å². The Morgan fingerprint density at radius 2 is 1.50 bits per heavy atom. The molecule has 0 radical (unpaired) electrons. The standard InChI is InChI=1S/C21H19NO.ClH/c1-2-18(23)13-22-12-17-9-8-16-7-6-14-4-3-5-15-10-11-19(17)21(16)20(14)15;/h3-11,22H,2,12-13H2,1H3;1H. The Balaban J connectivity index is 0.00000169. The van der Waals surface area contributed by atoms with Crippen LogP contribution in [-0.4, -0.2) is 12.3 Å². The van der Waals surface area contributed by atoms with Gasteiger partial charge in [0.05, 0.1) is 6.54 Å². The van der Waals surface area contributed by atoms with Crippen molar-refractivity contribution in [1.82, 2.24) is 5.32 Å². The minimum atomic E-state index is 0. The summed E-state index contributed by atoms with van der Waals surface area (Å²) in [5.74, 6) is 0.253. The third kappa shape index (κ3) is 2.72. The lowest BCUT2D eigenvalue weighted by atomic mass is 9.92. The Hall–Kier alpha value is -2.16. The van der Waals surface area contributed by atoms with Gasteiger partial charge in [-0.2, -0.15) is 0 Å². The fourth-order valence-electron chi connectivity index (χ4n) is 3.41. The minimum Gasteiger partial charge on any atom is -0.306 e. The van der Waals surface area contributed by atoms with Gasteiger partial charge >= 0.3 is 0 Å². The average molecular weight is 338 g/mol. The number of nitrogens with one attached hydrogen (secondary N) is 1. The summed E-state index contributed by atoms with van der Waals surface area (Å²) in [4.78, 5) is 11.5. The smallest absolute Gasteiger partial charge is 0.146 e. The lowest BCUT2D eigenvalue weighted by Gasteiger charge is -2.14. The Kier molecular flexibility index (Phi) is 4.70. The van der Waals surface area contributed by atoms with Crippen LogP contribution >= 0.6 is 12.4 Å². The molecule has 122 valence electrons. The molecule has 0 saturated carbocycles. The third-order valence-electron chi connectivity index (χ3n) is 4.65. The molecule has 4 aromatic carbocycles. The van der Waals surface area contributed by atoms with Gasteiger partial charge < -0.3 is 5.32 Å². The highest BCUT2D eigenvalue weighted by Gasteiger charge is 2.10. The lowest BCUT2D eigenvalue weighted by molar-refractivity contribution is -0.117. The quantitative estimate of drug-likeness (QED) is 0.515. The van der Waals surface area contributed by atoms with Crippen LogP contribution in [-0.2, 0) is 11.3 Å². The van der Waals surface area contributed by atoms with Crippen molar-refractivity contribution in [2.75, 3.05) is 6.54 Å². The van der Waals surface area contributed by atoms with Crippen LogP contribution in [0, 0.1) is 0 Å². The summed E-state index contributed by atoms with van der Waals surface area (Å²) in [5.41, 5.74) is 1.25. The summed E-state index contributed by atoms with van der Waals surface area (Å²) in [5, 5.41) is 11.1. The molecule has 0 unspecified atom stereocenters. The molecule has 0 bridgehead atoms. The molecule has 3 heteroatoms. The maximum Gasteiger partial charge on any atom is 0.146 e. The summed E-state index contributed by atoms with van der Waals surface area (Å²) in [6.45, 7) is 3.07. The van der Waals surface area contributed by atoms with Crippen LogP contribution in [0.4, 0.5) is 0 Å². The number of hydrogen-bond donors (Lipinski definition) is 1. The van der Waals surface area contributed by atoms with E-state index in [4.69, 9.17) is 0 Å². The summed E-state index contributed by atoms with van der Waals surface area (Å²) in [6.07, 6.45) is 0.589. The number of Topliss-reactive ketones (excluding diaryl/α,β-unsaturated/α-hetero) is 1. The van der Waals surface area contributed by atoms with Gasteiger partial charge in [0.2, 0.25) is 0 Å². The zero-order chi connectivity index (χ0) is 15.8. The van der Waals surface area contributed by atoms with Gasteiger partial charge in [-0.3, -0.25) is 4.79 Å². The van der Waals surface area contributed by atoms with Gasteiger partial charge in [0.25, 0.3) is 0 Å². The van der Waals surface area contributed by atoms with E-state index < -0.39 is 0 Å².